The minimum Gasteiger partial charge on any atom is -0.380 e. The molecule has 1 rings (SSSR count). The van der Waals surface area contributed by atoms with Crippen molar-refractivity contribution in [2.75, 3.05) is 33.4 Å². The maximum atomic E-state index is 12.1. The van der Waals surface area contributed by atoms with Gasteiger partial charge in [-0.2, -0.15) is 0 Å². The van der Waals surface area contributed by atoms with Crippen molar-refractivity contribution in [3.63, 3.8) is 0 Å². The monoisotopic (exact) mass is 250 g/mol. The quantitative estimate of drug-likeness (QED) is 0.742. The second-order valence-electron chi connectivity index (χ2n) is 4.16. The Morgan fingerprint density at radius 3 is 2.56 bits per heavy atom. The first-order valence-electron chi connectivity index (χ1n) is 6.31. The fourth-order valence-corrected chi connectivity index (χ4v) is 1.65. The van der Waals surface area contributed by atoms with Gasteiger partial charge in [-0.25, -0.2) is 0 Å². The molecule has 0 aliphatic rings. The first-order chi connectivity index (χ1) is 8.69. The van der Waals surface area contributed by atoms with Crippen LogP contribution < -0.4 is 5.73 Å². The van der Waals surface area contributed by atoms with Crippen LogP contribution >= 0.6 is 0 Å². The summed E-state index contributed by atoms with van der Waals surface area (Å²) >= 11 is 0. The molecule has 0 saturated heterocycles. The molecule has 0 bridgehead atoms. The highest BCUT2D eigenvalue weighted by molar-refractivity contribution is 5.94. The van der Waals surface area contributed by atoms with E-state index in [0.29, 0.717) is 31.9 Å². The van der Waals surface area contributed by atoms with Crippen LogP contribution in [0.1, 0.15) is 22.8 Å². The first kappa shape index (κ1) is 14.7. The molecule has 100 valence electrons. The summed E-state index contributed by atoms with van der Waals surface area (Å²) in [6, 6.07) is 7.61. The van der Waals surface area contributed by atoms with E-state index in [0.717, 1.165) is 12.0 Å². The molecule has 0 heterocycles. The third-order valence-corrected chi connectivity index (χ3v) is 2.76. The van der Waals surface area contributed by atoms with Crippen LogP contribution in [0.3, 0.4) is 0 Å². The van der Waals surface area contributed by atoms with E-state index < -0.39 is 0 Å². The maximum absolute atomic E-state index is 12.1. The van der Waals surface area contributed by atoms with Gasteiger partial charge in [-0.1, -0.05) is 12.1 Å². The van der Waals surface area contributed by atoms with Gasteiger partial charge in [0.15, 0.2) is 0 Å². The lowest BCUT2D eigenvalue weighted by Gasteiger charge is -2.17. The van der Waals surface area contributed by atoms with Gasteiger partial charge in [-0.3, -0.25) is 4.79 Å². The zero-order valence-electron chi connectivity index (χ0n) is 11.2. The number of ether oxygens (including phenoxy) is 1. The van der Waals surface area contributed by atoms with Gasteiger partial charge in [0.1, 0.15) is 0 Å². The van der Waals surface area contributed by atoms with Crippen LogP contribution in [0, 0.1) is 0 Å². The second kappa shape index (κ2) is 7.84. The second-order valence-corrected chi connectivity index (χ2v) is 4.16. The van der Waals surface area contributed by atoms with Crippen LogP contribution in [0.25, 0.3) is 0 Å². The van der Waals surface area contributed by atoms with Crippen LogP contribution in [0.4, 0.5) is 0 Å². The summed E-state index contributed by atoms with van der Waals surface area (Å²) in [6.07, 6.45) is 0.842. The normalized spacial score (nSPS) is 10.4. The standard InChI is InChI=1S/C14H22N2O2/c1-3-18-11-10-16(2)14(17)13-6-4-12(5-7-13)8-9-15/h4-7H,3,8-11,15H2,1-2H3. The Labute approximate surface area is 109 Å². The molecule has 0 unspecified atom stereocenters. The topological polar surface area (TPSA) is 55.6 Å². The van der Waals surface area contributed by atoms with Crippen molar-refractivity contribution in [3.05, 3.63) is 35.4 Å². The lowest BCUT2D eigenvalue weighted by molar-refractivity contribution is 0.0710. The lowest BCUT2D eigenvalue weighted by Crippen LogP contribution is -2.30. The number of amides is 1. The summed E-state index contributed by atoms with van der Waals surface area (Å²) in [5.41, 5.74) is 7.35. The molecule has 18 heavy (non-hydrogen) atoms. The molecule has 4 nitrogen and oxygen atoms in total. The summed E-state index contributed by atoms with van der Waals surface area (Å²) in [5.74, 6) is 0.0222. The number of carbonyl (C=O) groups is 1. The maximum Gasteiger partial charge on any atom is 0.253 e. The Bertz CT molecular complexity index is 363. The molecule has 4 heteroatoms. The summed E-state index contributed by atoms with van der Waals surface area (Å²) < 4.78 is 5.23. The summed E-state index contributed by atoms with van der Waals surface area (Å²) in [5, 5.41) is 0. The molecular formula is C14H22N2O2. The van der Waals surface area contributed by atoms with E-state index >= 15 is 0 Å². The Hall–Kier alpha value is -1.39. The Balaban J connectivity index is 2.54. The number of benzene rings is 1. The first-order valence-corrected chi connectivity index (χ1v) is 6.31. The van der Waals surface area contributed by atoms with Crippen molar-refractivity contribution in [1.82, 2.24) is 4.90 Å². The van der Waals surface area contributed by atoms with Gasteiger partial charge in [-0.05, 0) is 37.6 Å². The molecule has 1 aromatic rings. The Morgan fingerprint density at radius 2 is 2.00 bits per heavy atom. The zero-order valence-corrected chi connectivity index (χ0v) is 11.2. The van der Waals surface area contributed by atoms with Gasteiger partial charge >= 0.3 is 0 Å². The minimum absolute atomic E-state index is 0.0222. The third kappa shape index (κ3) is 4.47. The molecule has 0 aliphatic heterocycles. The minimum atomic E-state index is 0.0222. The van der Waals surface area contributed by atoms with Gasteiger partial charge in [0.2, 0.25) is 0 Å². The molecular weight excluding hydrogens is 228 g/mol. The molecule has 2 N–H and O–H groups in total. The highest BCUT2D eigenvalue weighted by Gasteiger charge is 2.10. The molecule has 0 aromatic heterocycles. The molecule has 0 aliphatic carbocycles. The van der Waals surface area contributed by atoms with Gasteiger partial charge in [0.05, 0.1) is 6.61 Å². The molecule has 0 fully saturated rings. The number of rotatable bonds is 7. The predicted octanol–water partition coefficient (Wildman–Crippen LogP) is 1.30. The lowest BCUT2D eigenvalue weighted by atomic mass is 10.1. The van der Waals surface area contributed by atoms with Crippen molar-refractivity contribution < 1.29 is 9.53 Å². The van der Waals surface area contributed by atoms with Crippen molar-refractivity contribution in [2.24, 2.45) is 5.73 Å². The summed E-state index contributed by atoms with van der Waals surface area (Å²) in [7, 11) is 1.79. The van der Waals surface area contributed by atoms with Crippen LogP contribution in [0.5, 0.6) is 0 Å². The van der Waals surface area contributed by atoms with Crippen molar-refractivity contribution in [1.29, 1.82) is 0 Å². The highest BCUT2D eigenvalue weighted by atomic mass is 16.5. The Kier molecular flexibility index (Phi) is 6.39. The predicted molar refractivity (Wildman–Crippen MR) is 72.7 cm³/mol. The number of nitrogens with two attached hydrogens (primary N) is 1. The van der Waals surface area contributed by atoms with Crippen molar-refractivity contribution in [2.45, 2.75) is 13.3 Å². The fourth-order valence-electron chi connectivity index (χ4n) is 1.65. The molecule has 1 amide bonds. The van der Waals surface area contributed by atoms with E-state index in [1.54, 1.807) is 11.9 Å². The van der Waals surface area contributed by atoms with Crippen molar-refractivity contribution >= 4 is 5.91 Å². The van der Waals surface area contributed by atoms with Crippen molar-refractivity contribution in [3.8, 4) is 0 Å². The number of hydrogen-bond donors (Lipinski definition) is 1. The van der Waals surface area contributed by atoms with E-state index in [2.05, 4.69) is 0 Å². The Morgan fingerprint density at radius 1 is 1.33 bits per heavy atom. The van der Waals surface area contributed by atoms with E-state index in [4.69, 9.17) is 10.5 Å². The smallest absolute Gasteiger partial charge is 0.253 e. The zero-order chi connectivity index (χ0) is 13.4. The summed E-state index contributed by atoms with van der Waals surface area (Å²) in [6.45, 7) is 4.43. The number of carbonyl (C=O) groups excluding carboxylic acids is 1. The summed E-state index contributed by atoms with van der Waals surface area (Å²) in [4.78, 5) is 13.7. The van der Waals surface area contributed by atoms with Gasteiger partial charge in [-0.15, -0.1) is 0 Å². The van der Waals surface area contributed by atoms with Gasteiger partial charge in [0.25, 0.3) is 5.91 Å². The SMILES string of the molecule is CCOCCN(C)C(=O)c1ccc(CCN)cc1. The molecule has 1 aromatic carbocycles. The van der Waals surface area contributed by atoms with Crippen LogP contribution in [-0.2, 0) is 11.2 Å². The third-order valence-electron chi connectivity index (χ3n) is 2.76. The van der Waals surface area contributed by atoms with Gasteiger partial charge < -0.3 is 15.4 Å². The number of likely N-dealkylation sites (N-methyl/N-ethyl adjacent to an activating group) is 1. The van der Waals surface area contributed by atoms with E-state index in [-0.39, 0.29) is 5.91 Å². The average Bonchev–Trinajstić information content (AvgIpc) is 2.39. The molecule has 0 atom stereocenters. The van der Waals surface area contributed by atoms with Gasteiger partial charge in [0, 0.05) is 25.8 Å². The fraction of sp³-hybridized carbons (Fsp3) is 0.500. The van der Waals surface area contributed by atoms with Crippen LogP contribution in [0.2, 0.25) is 0 Å². The molecule has 0 radical (unpaired) electrons. The van der Waals surface area contributed by atoms with Crippen LogP contribution in [-0.4, -0.2) is 44.2 Å². The average molecular weight is 250 g/mol. The van der Waals surface area contributed by atoms with E-state index in [9.17, 15) is 4.79 Å². The molecule has 0 spiro atoms. The van der Waals surface area contributed by atoms with E-state index in [1.807, 2.05) is 31.2 Å². The van der Waals surface area contributed by atoms with E-state index in [1.165, 1.54) is 0 Å². The largest absolute Gasteiger partial charge is 0.380 e. The highest BCUT2D eigenvalue weighted by Crippen LogP contribution is 2.07. The number of nitrogens with zero attached hydrogens (tertiary/aromatic N) is 1. The van der Waals surface area contributed by atoms with Crippen LogP contribution in [0.15, 0.2) is 24.3 Å². The number of hydrogen-bond acceptors (Lipinski definition) is 3. The molecule has 0 saturated carbocycles.